The average molecular weight is 543 g/mol. The maximum absolute atomic E-state index is 13.6. The lowest BCUT2D eigenvalue weighted by atomic mass is 10.0. The topological polar surface area (TPSA) is 39.0 Å². The van der Waals surface area contributed by atoms with E-state index in [1.807, 2.05) is 4.90 Å². The van der Waals surface area contributed by atoms with Gasteiger partial charge in [0.1, 0.15) is 5.66 Å². The van der Waals surface area contributed by atoms with E-state index in [1.54, 1.807) is 6.07 Å². The van der Waals surface area contributed by atoms with E-state index in [-0.39, 0.29) is 23.7 Å². The highest BCUT2D eigenvalue weighted by Gasteiger charge is 2.73. The number of fused-ring (bicyclic) bond motifs is 5. The fraction of sp³-hybridized carbons (Fsp3) is 0.567. The molecule has 6 rings (SSSR count). The zero-order valence-corrected chi connectivity index (χ0v) is 22.5. The van der Waals surface area contributed by atoms with Crippen LogP contribution < -0.4 is 4.90 Å². The summed E-state index contributed by atoms with van der Waals surface area (Å²) in [6, 6.07) is 14.4. The molecule has 0 bridgehead atoms. The minimum Gasteiger partial charge on any atom is -0.378 e. The monoisotopic (exact) mass is 542 g/mol. The second kappa shape index (κ2) is 10.4. The van der Waals surface area contributed by atoms with Crippen molar-refractivity contribution in [2.45, 2.75) is 56.5 Å². The van der Waals surface area contributed by atoms with E-state index in [0.29, 0.717) is 25.3 Å². The van der Waals surface area contributed by atoms with E-state index in [2.05, 4.69) is 45.9 Å². The summed E-state index contributed by atoms with van der Waals surface area (Å²) in [6.07, 6.45) is -0.914. The second-order valence-electron chi connectivity index (χ2n) is 11.2. The van der Waals surface area contributed by atoms with Crippen molar-refractivity contribution >= 4 is 11.6 Å². The summed E-state index contributed by atoms with van der Waals surface area (Å²) < 4.78 is 45.0. The van der Waals surface area contributed by atoms with Crippen LogP contribution in [-0.4, -0.2) is 79.1 Å². The zero-order chi connectivity index (χ0) is 27.2. The van der Waals surface area contributed by atoms with Crippen molar-refractivity contribution in [3.63, 3.8) is 0 Å². The van der Waals surface area contributed by atoms with Gasteiger partial charge in [-0.15, -0.1) is 0 Å². The molecule has 210 valence electrons. The van der Waals surface area contributed by atoms with Gasteiger partial charge in [0.25, 0.3) is 0 Å². The smallest absolute Gasteiger partial charge is 0.378 e. The molecular formula is C30H37F3N4O2. The molecule has 0 saturated carbocycles. The van der Waals surface area contributed by atoms with Crippen LogP contribution in [0.3, 0.4) is 0 Å². The van der Waals surface area contributed by atoms with Crippen LogP contribution in [-0.2, 0) is 21.4 Å². The third-order valence-electron chi connectivity index (χ3n) is 9.07. The molecule has 3 saturated heterocycles. The van der Waals surface area contributed by atoms with Gasteiger partial charge in [-0.3, -0.25) is 14.6 Å². The molecule has 2 aromatic rings. The van der Waals surface area contributed by atoms with Gasteiger partial charge in [0.05, 0.1) is 30.9 Å². The van der Waals surface area contributed by atoms with Crippen LogP contribution in [0.1, 0.15) is 55.3 Å². The lowest BCUT2D eigenvalue weighted by Crippen LogP contribution is -2.46. The van der Waals surface area contributed by atoms with Crippen molar-refractivity contribution in [1.29, 1.82) is 0 Å². The largest absolute Gasteiger partial charge is 0.416 e. The molecule has 4 aliphatic heterocycles. The first-order valence-electron chi connectivity index (χ1n) is 14.2. The van der Waals surface area contributed by atoms with Crippen LogP contribution >= 0.6 is 0 Å². The van der Waals surface area contributed by atoms with Gasteiger partial charge in [0, 0.05) is 44.8 Å². The van der Waals surface area contributed by atoms with Gasteiger partial charge in [-0.05, 0) is 55.6 Å². The van der Waals surface area contributed by atoms with E-state index in [9.17, 15) is 18.0 Å². The number of alkyl halides is 3. The molecule has 0 aromatic heterocycles. The van der Waals surface area contributed by atoms with E-state index < -0.39 is 11.7 Å². The molecule has 1 amide bonds. The van der Waals surface area contributed by atoms with Crippen LogP contribution in [0, 0.1) is 0 Å². The van der Waals surface area contributed by atoms with Crippen molar-refractivity contribution in [3.05, 3.63) is 65.2 Å². The first-order valence-corrected chi connectivity index (χ1v) is 14.2. The van der Waals surface area contributed by atoms with Gasteiger partial charge >= 0.3 is 6.18 Å². The number of carbonyl (C=O) groups excluding carboxylic acids is 1. The second-order valence-corrected chi connectivity index (χ2v) is 11.2. The molecule has 3 fully saturated rings. The molecule has 4 aliphatic rings. The molecule has 6 nitrogen and oxygen atoms in total. The van der Waals surface area contributed by atoms with Crippen LogP contribution in [0.5, 0.6) is 0 Å². The summed E-state index contributed by atoms with van der Waals surface area (Å²) in [4.78, 5) is 22.6. The Morgan fingerprint density at radius 1 is 1.00 bits per heavy atom. The number of halogens is 3. The lowest BCUT2D eigenvalue weighted by molar-refractivity contribution is -0.138. The number of anilines is 1. The van der Waals surface area contributed by atoms with E-state index in [0.717, 1.165) is 64.6 Å². The number of hydrogen-bond donors (Lipinski definition) is 0. The number of nitrogens with zero attached hydrogens (tertiary/aromatic N) is 4. The summed E-state index contributed by atoms with van der Waals surface area (Å²) in [5.41, 5.74) is 2.23. The van der Waals surface area contributed by atoms with Crippen LogP contribution in [0.2, 0.25) is 0 Å². The van der Waals surface area contributed by atoms with Crippen LogP contribution in [0.25, 0.3) is 0 Å². The third kappa shape index (κ3) is 4.72. The van der Waals surface area contributed by atoms with Crippen molar-refractivity contribution in [2.24, 2.45) is 0 Å². The molecule has 9 heteroatoms. The van der Waals surface area contributed by atoms with Gasteiger partial charge in [0.2, 0.25) is 5.91 Å². The normalized spacial score (nSPS) is 28.5. The quantitative estimate of drug-likeness (QED) is 0.369. The molecule has 4 unspecified atom stereocenters. The Labute approximate surface area is 228 Å². The molecule has 2 aromatic carbocycles. The number of morpholine rings is 1. The number of amides is 1. The summed E-state index contributed by atoms with van der Waals surface area (Å²) in [6.45, 7) is 8.45. The Morgan fingerprint density at radius 3 is 2.54 bits per heavy atom. The molecule has 0 radical (unpaired) electrons. The van der Waals surface area contributed by atoms with Gasteiger partial charge < -0.3 is 14.5 Å². The van der Waals surface area contributed by atoms with Gasteiger partial charge in [-0.2, -0.15) is 13.2 Å². The summed E-state index contributed by atoms with van der Waals surface area (Å²) in [5, 5.41) is 0. The molecule has 1 spiro atoms. The van der Waals surface area contributed by atoms with Crippen molar-refractivity contribution < 1.29 is 22.7 Å². The highest BCUT2D eigenvalue weighted by atomic mass is 19.4. The predicted octanol–water partition coefficient (Wildman–Crippen LogP) is 4.86. The molecule has 39 heavy (non-hydrogen) atoms. The lowest BCUT2D eigenvalue weighted by Gasteiger charge is -2.36. The minimum absolute atomic E-state index is 0.0624. The summed E-state index contributed by atoms with van der Waals surface area (Å²) in [7, 11) is 0. The molecule has 0 aliphatic carbocycles. The predicted molar refractivity (Wildman–Crippen MR) is 143 cm³/mol. The number of unbranched alkanes of at least 4 members (excludes halogenated alkanes) is 2. The first-order chi connectivity index (χ1) is 18.8. The Morgan fingerprint density at radius 2 is 1.79 bits per heavy atom. The highest BCUT2D eigenvalue weighted by Crippen LogP contribution is 2.61. The highest BCUT2D eigenvalue weighted by molar-refractivity contribution is 5.80. The van der Waals surface area contributed by atoms with E-state index >= 15 is 0 Å². The fourth-order valence-electron chi connectivity index (χ4n) is 7.10. The zero-order valence-electron chi connectivity index (χ0n) is 22.5. The van der Waals surface area contributed by atoms with E-state index in [4.69, 9.17) is 4.74 Å². The SMILES string of the molecule is CC1c2ccccc2C2(C3COCCN32)N1C(=O)CCCCCN1CCN(c2cccc(C(F)(F)F)c2)CC1. The maximum atomic E-state index is 13.6. The molecule has 4 atom stereocenters. The Bertz CT molecular complexity index is 1180. The van der Waals surface area contributed by atoms with E-state index in [1.165, 1.54) is 23.3 Å². The summed E-state index contributed by atoms with van der Waals surface area (Å²) >= 11 is 0. The molecule has 4 heterocycles. The minimum atomic E-state index is -4.32. The van der Waals surface area contributed by atoms with Crippen LogP contribution in [0.15, 0.2) is 48.5 Å². The van der Waals surface area contributed by atoms with Gasteiger partial charge in [-0.25, -0.2) is 0 Å². The molecular weight excluding hydrogens is 505 g/mol. The number of hydrogen-bond acceptors (Lipinski definition) is 5. The number of carbonyl (C=O) groups is 1. The van der Waals surface area contributed by atoms with Gasteiger partial charge in [0.15, 0.2) is 0 Å². The number of rotatable bonds is 7. The average Bonchev–Trinajstić information content (AvgIpc) is 3.53. The molecule has 0 N–H and O–H groups in total. The first kappa shape index (κ1) is 26.6. The van der Waals surface area contributed by atoms with Crippen LogP contribution in [0.4, 0.5) is 18.9 Å². The van der Waals surface area contributed by atoms with Gasteiger partial charge in [-0.1, -0.05) is 36.8 Å². The Balaban J connectivity index is 0.970. The summed E-state index contributed by atoms with van der Waals surface area (Å²) in [5.74, 6) is 0.225. The maximum Gasteiger partial charge on any atom is 0.416 e. The van der Waals surface area contributed by atoms with Crippen molar-refractivity contribution in [2.75, 3.05) is 57.4 Å². The number of ether oxygens (including phenoxy) is 1. The third-order valence-corrected chi connectivity index (χ3v) is 9.07. The standard InChI is InChI=1S/C30H37F3N4O2/c1-22-25-10-4-5-11-26(25)29(27-21-39-19-18-36(27)29)37(22)28(38)12-3-2-6-13-34-14-16-35(17-15-34)24-9-7-8-23(20-24)30(31,32)33/h4-5,7-11,20,22,27H,2-3,6,12-19,21H2,1H3. The Kier molecular flexibility index (Phi) is 7.10. The van der Waals surface area contributed by atoms with Crippen molar-refractivity contribution in [1.82, 2.24) is 14.7 Å². The van der Waals surface area contributed by atoms with Crippen molar-refractivity contribution in [3.8, 4) is 0 Å². The number of piperazine rings is 1. The fourth-order valence-corrected chi connectivity index (χ4v) is 7.10. The number of benzene rings is 2. The Hall–Kier alpha value is -2.62.